The Bertz CT molecular complexity index is 628. The third-order valence-corrected chi connectivity index (χ3v) is 3.45. The Morgan fingerprint density at radius 1 is 1.43 bits per heavy atom. The summed E-state index contributed by atoms with van der Waals surface area (Å²) >= 11 is 0. The molecule has 8 nitrogen and oxygen atoms in total. The van der Waals surface area contributed by atoms with E-state index in [0.717, 1.165) is 0 Å². The van der Waals surface area contributed by atoms with Gasteiger partial charge in [0.2, 0.25) is 0 Å². The second kappa shape index (κ2) is 5.49. The van der Waals surface area contributed by atoms with Crippen molar-refractivity contribution in [1.82, 2.24) is 0 Å². The van der Waals surface area contributed by atoms with Gasteiger partial charge in [-0.25, -0.2) is 9.98 Å². The highest BCUT2D eigenvalue weighted by molar-refractivity contribution is 6.15. The molecule has 8 heteroatoms. The first kappa shape index (κ1) is 14.9. The fourth-order valence-corrected chi connectivity index (χ4v) is 2.55. The van der Waals surface area contributed by atoms with Crippen LogP contribution in [0, 0.1) is 10.1 Å². The van der Waals surface area contributed by atoms with Crippen molar-refractivity contribution in [2.45, 2.75) is 25.2 Å². The predicted molar refractivity (Wildman–Crippen MR) is 79.0 cm³/mol. The average molecular weight is 291 g/mol. The monoisotopic (exact) mass is 291 g/mol. The minimum Gasteiger partial charge on any atom is -0.496 e. The molecule has 0 aromatic heterocycles. The number of nitro groups is 1. The molecule has 0 aliphatic carbocycles. The number of rotatable bonds is 4. The van der Waals surface area contributed by atoms with Crippen LogP contribution in [0.25, 0.3) is 0 Å². The molecule has 21 heavy (non-hydrogen) atoms. The van der Waals surface area contributed by atoms with E-state index < -0.39 is 16.8 Å². The molecule has 0 saturated heterocycles. The van der Waals surface area contributed by atoms with Gasteiger partial charge in [-0.2, -0.15) is 0 Å². The highest BCUT2D eigenvalue weighted by Crippen LogP contribution is 2.37. The standard InChI is InChI=1S/C13H17N5O3/c1-3-10-13(18(19)20,11(14)17-12(15)16-10)8-6-4-5-7-9(8)21-2/h4-7,12H,3,15H2,1-2H3,(H2,14,17). The molecule has 1 heterocycles. The van der Waals surface area contributed by atoms with E-state index in [2.05, 4.69) is 9.98 Å². The van der Waals surface area contributed by atoms with Gasteiger partial charge in [0.1, 0.15) is 11.5 Å². The van der Waals surface area contributed by atoms with Gasteiger partial charge in [-0.15, -0.1) is 0 Å². The van der Waals surface area contributed by atoms with E-state index in [9.17, 15) is 10.1 Å². The lowest BCUT2D eigenvalue weighted by molar-refractivity contribution is -0.534. The van der Waals surface area contributed by atoms with Crippen LogP contribution in [0.15, 0.2) is 34.3 Å². The van der Waals surface area contributed by atoms with Crippen LogP contribution in [0.3, 0.4) is 0 Å². The zero-order valence-electron chi connectivity index (χ0n) is 11.8. The number of benzene rings is 1. The molecule has 2 unspecified atom stereocenters. The molecule has 0 spiro atoms. The third-order valence-electron chi connectivity index (χ3n) is 3.45. The summed E-state index contributed by atoms with van der Waals surface area (Å²) in [6, 6.07) is 6.63. The number of ether oxygens (including phenoxy) is 1. The lowest BCUT2D eigenvalue weighted by atomic mass is 9.81. The van der Waals surface area contributed by atoms with Crippen molar-refractivity contribution in [3.05, 3.63) is 39.9 Å². The summed E-state index contributed by atoms with van der Waals surface area (Å²) in [7, 11) is 1.44. The van der Waals surface area contributed by atoms with Crippen LogP contribution in [0.5, 0.6) is 5.75 Å². The van der Waals surface area contributed by atoms with Crippen molar-refractivity contribution >= 4 is 11.5 Å². The molecule has 2 atom stereocenters. The summed E-state index contributed by atoms with van der Waals surface area (Å²) in [4.78, 5) is 19.4. The summed E-state index contributed by atoms with van der Waals surface area (Å²) in [5.74, 6) is 0.167. The Hall–Kier alpha value is -2.48. The Kier molecular flexibility index (Phi) is 3.90. The lowest BCUT2D eigenvalue weighted by Crippen LogP contribution is -2.57. The summed E-state index contributed by atoms with van der Waals surface area (Å²) in [6.45, 7) is 1.76. The van der Waals surface area contributed by atoms with Gasteiger partial charge in [0.05, 0.1) is 12.7 Å². The predicted octanol–water partition coefficient (Wildman–Crippen LogP) is 0.631. The lowest BCUT2D eigenvalue weighted by Gasteiger charge is -2.30. The second-order valence-corrected chi connectivity index (χ2v) is 4.53. The highest BCUT2D eigenvalue weighted by atomic mass is 16.6. The maximum atomic E-state index is 11.9. The van der Waals surface area contributed by atoms with Gasteiger partial charge in [-0.3, -0.25) is 15.8 Å². The van der Waals surface area contributed by atoms with Gasteiger partial charge < -0.3 is 10.5 Å². The topological polar surface area (TPSA) is 129 Å². The minimum absolute atomic E-state index is 0.184. The van der Waals surface area contributed by atoms with Crippen LogP contribution in [0.1, 0.15) is 18.9 Å². The molecule has 1 aliphatic rings. The quantitative estimate of drug-likeness (QED) is 0.621. The first-order valence-corrected chi connectivity index (χ1v) is 6.42. The molecule has 0 radical (unpaired) electrons. The van der Waals surface area contributed by atoms with Crippen LogP contribution in [0.2, 0.25) is 0 Å². The van der Waals surface area contributed by atoms with E-state index in [-0.39, 0.29) is 11.5 Å². The molecule has 112 valence electrons. The largest absolute Gasteiger partial charge is 0.496 e. The van der Waals surface area contributed by atoms with Gasteiger partial charge in [0.15, 0.2) is 12.1 Å². The number of para-hydroxylation sites is 1. The molecule has 4 N–H and O–H groups in total. The van der Waals surface area contributed by atoms with Gasteiger partial charge in [-0.1, -0.05) is 19.1 Å². The van der Waals surface area contributed by atoms with E-state index in [1.807, 2.05) is 0 Å². The Labute approximate surface area is 121 Å². The number of nitrogens with zero attached hydrogens (tertiary/aromatic N) is 3. The van der Waals surface area contributed by atoms with Crippen molar-refractivity contribution in [3.8, 4) is 5.75 Å². The van der Waals surface area contributed by atoms with Crippen LogP contribution >= 0.6 is 0 Å². The van der Waals surface area contributed by atoms with Crippen molar-refractivity contribution in [2.75, 3.05) is 7.11 Å². The Morgan fingerprint density at radius 3 is 2.67 bits per heavy atom. The van der Waals surface area contributed by atoms with Crippen molar-refractivity contribution in [2.24, 2.45) is 21.5 Å². The fraction of sp³-hybridized carbons (Fsp3) is 0.385. The molecule has 2 rings (SSSR count). The average Bonchev–Trinajstić information content (AvgIpc) is 2.46. The molecule has 1 aromatic carbocycles. The fourth-order valence-electron chi connectivity index (χ4n) is 2.55. The zero-order chi connectivity index (χ0) is 15.6. The van der Waals surface area contributed by atoms with E-state index >= 15 is 0 Å². The smallest absolute Gasteiger partial charge is 0.343 e. The van der Waals surface area contributed by atoms with E-state index in [1.165, 1.54) is 7.11 Å². The number of amidine groups is 1. The molecule has 0 amide bonds. The molecule has 0 fully saturated rings. The highest BCUT2D eigenvalue weighted by Gasteiger charge is 2.57. The van der Waals surface area contributed by atoms with E-state index in [0.29, 0.717) is 17.7 Å². The number of methoxy groups -OCH3 is 1. The van der Waals surface area contributed by atoms with Gasteiger partial charge in [-0.05, 0) is 18.6 Å². The van der Waals surface area contributed by atoms with Gasteiger partial charge in [0, 0.05) is 4.92 Å². The number of hydrogen-bond acceptors (Lipinski definition) is 7. The summed E-state index contributed by atoms with van der Waals surface area (Å²) in [5.41, 5.74) is 10.3. The number of hydrogen-bond donors (Lipinski definition) is 2. The van der Waals surface area contributed by atoms with Crippen LogP contribution in [-0.2, 0) is 5.54 Å². The molecular weight excluding hydrogens is 274 g/mol. The molecule has 1 aliphatic heterocycles. The maximum Gasteiger partial charge on any atom is 0.343 e. The summed E-state index contributed by atoms with van der Waals surface area (Å²) in [6.07, 6.45) is -0.592. The van der Waals surface area contributed by atoms with Crippen molar-refractivity contribution in [1.29, 1.82) is 0 Å². The molecular formula is C13H17N5O3. The van der Waals surface area contributed by atoms with Crippen LogP contribution in [-0.4, -0.2) is 29.9 Å². The third kappa shape index (κ3) is 2.13. The molecule has 1 aromatic rings. The first-order chi connectivity index (χ1) is 9.98. The Balaban J connectivity index is 2.80. The van der Waals surface area contributed by atoms with E-state index in [4.69, 9.17) is 16.2 Å². The van der Waals surface area contributed by atoms with Crippen molar-refractivity contribution < 1.29 is 9.66 Å². The maximum absolute atomic E-state index is 11.9. The second-order valence-electron chi connectivity index (χ2n) is 4.53. The minimum atomic E-state index is -1.84. The van der Waals surface area contributed by atoms with Gasteiger partial charge >= 0.3 is 5.54 Å². The molecule has 0 bridgehead atoms. The van der Waals surface area contributed by atoms with Crippen LogP contribution < -0.4 is 16.2 Å². The summed E-state index contributed by atoms with van der Waals surface area (Å²) in [5, 5.41) is 11.9. The molecule has 0 saturated carbocycles. The van der Waals surface area contributed by atoms with Crippen LogP contribution in [0.4, 0.5) is 0 Å². The zero-order valence-corrected chi connectivity index (χ0v) is 11.8. The number of aliphatic imine (C=N–C) groups is 2. The normalized spacial score (nSPS) is 25.0. The SMILES string of the molecule is CCC1=NC(N)N=C(N)C1(c1ccccc1OC)[N+](=O)[O-]. The first-order valence-electron chi connectivity index (χ1n) is 6.42. The summed E-state index contributed by atoms with van der Waals surface area (Å²) < 4.78 is 5.24. The van der Waals surface area contributed by atoms with Gasteiger partial charge in [0.25, 0.3) is 0 Å². The Morgan fingerprint density at radius 2 is 2.10 bits per heavy atom. The van der Waals surface area contributed by atoms with Crippen molar-refractivity contribution in [3.63, 3.8) is 0 Å². The number of nitrogens with two attached hydrogens (primary N) is 2. The van der Waals surface area contributed by atoms with E-state index in [1.54, 1.807) is 31.2 Å².